The summed E-state index contributed by atoms with van der Waals surface area (Å²) in [5.74, 6) is -2.59. The molecule has 3 rings (SSSR count). The summed E-state index contributed by atoms with van der Waals surface area (Å²) in [5.41, 5.74) is 25.2. The molecular formula is C32H46N10O4. The van der Waals surface area contributed by atoms with Gasteiger partial charge in [0.2, 0.25) is 23.6 Å². The molecule has 0 saturated heterocycles. The Labute approximate surface area is 268 Å². The van der Waals surface area contributed by atoms with E-state index in [4.69, 9.17) is 28.3 Å². The summed E-state index contributed by atoms with van der Waals surface area (Å²) in [5, 5.41) is 19.1. The number of hydrogen-bond acceptors (Lipinski definition) is 7. The minimum absolute atomic E-state index is 0.120. The largest absolute Gasteiger partial charge is 0.370 e. The number of carbonyl (C=O) groups is 4. The molecule has 4 atom stereocenters. The van der Waals surface area contributed by atoms with Crippen LogP contribution in [0.1, 0.15) is 43.2 Å². The minimum atomic E-state index is -1.07. The van der Waals surface area contributed by atoms with Crippen LogP contribution in [0.2, 0.25) is 0 Å². The van der Waals surface area contributed by atoms with E-state index >= 15 is 0 Å². The molecule has 248 valence electrons. The Morgan fingerprint density at radius 2 is 1.41 bits per heavy atom. The summed E-state index contributed by atoms with van der Waals surface area (Å²) >= 11 is 0. The Hall–Kier alpha value is -4.95. The fourth-order valence-electron chi connectivity index (χ4n) is 5.06. The topological polar surface area (TPSA) is 260 Å². The van der Waals surface area contributed by atoms with Crippen LogP contribution in [0.5, 0.6) is 0 Å². The van der Waals surface area contributed by atoms with E-state index in [2.05, 4.69) is 26.3 Å². The minimum Gasteiger partial charge on any atom is -0.370 e. The molecule has 0 aliphatic rings. The monoisotopic (exact) mass is 634 g/mol. The van der Waals surface area contributed by atoms with Gasteiger partial charge in [0.05, 0.1) is 6.04 Å². The Morgan fingerprint density at radius 3 is 2.11 bits per heavy atom. The van der Waals surface area contributed by atoms with Crippen LogP contribution < -0.4 is 44.2 Å². The molecule has 14 N–H and O–H groups in total. The zero-order chi connectivity index (χ0) is 33.5. The van der Waals surface area contributed by atoms with E-state index in [0.717, 1.165) is 22.0 Å². The second-order valence-electron chi connectivity index (χ2n) is 11.2. The van der Waals surface area contributed by atoms with Crippen LogP contribution in [-0.2, 0) is 32.0 Å². The standard InChI is InChI=1S/C32H46N10O4/c33-15-7-6-14-25(30(45)41-26(28(35)43)17-20-9-2-1-3-10-20)40-31(46)27(18-21-19-39-24-13-5-4-11-22(21)24)42-29(44)23(34)12-8-16-38-32(36)37/h1-5,9-11,13,19,23,25-27,39H,6-8,12,14-18,33-34H2,(H2,35,43)(H,40,46)(H,41,45)(H,42,44)(H4,36,37,38)/t23-,25+,26+,27+/m1/s1. The second-order valence-corrected chi connectivity index (χ2v) is 11.2. The Balaban J connectivity index is 1.79. The molecule has 4 amide bonds. The molecule has 0 radical (unpaired) electrons. The van der Waals surface area contributed by atoms with Gasteiger partial charge in [-0.05, 0) is 55.8 Å². The van der Waals surface area contributed by atoms with Crippen LogP contribution in [0.25, 0.3) is 10.9 Å². The van der Waals surface area contributed by atoms with Gasteiger partial charge in [-0.2, -0.15) is 0 Å². The summed E-state index contributed by atoms with van der Waals surface area (Å²) in [7, 11) is 0. The van der Waals surface area contributed by atoms with Gasteiger partial charge in [-0.15, -0.1) is 0 Å². The van der Waals surface area contributed by atoms with Crippen LogP contribution >= 0.6 is 0 Å². The normalized spacial score (nSPS) is 13.6. The number of nitrogens with two attached hydrogens (primary N) is 4. The molecule has 3 aromatic rings. The van der Waals surface area contributed by atoms with Gasteiger partial charge >= 0.3 is 0 Å². The van der Waals surface area contributed by atoms with E-state index < -0.39 is 47.8 Å². The van der Waals surface area contributed by atoms with Crippen molar-refractivity contribution in [3.63, 3.8) is 0 Å². The molecule has 0 spiro atoms. The van der Waals surface area contributed by atoms with Crippen LogP contribution in [0, 0.1) is 5.41 Å². The maximum atomic E-state index is 13.8. The molecule has 0 bridgehead atoms. The third-order valence-corrected chi connectivity index (χ3v) is 7.60. The number of primary amides is 1. The fraction of sp³-hybridized carbons (Fsp3) is 0.406. The zero-order valence-electron chi connectivity index (χ0n) is 25.9. The maximum absolute atomic E-state index is 13.8. The van der Waals surface area contributed by atoms with E-state index in [1.807, 2.05) is 54.6 Å². The van der Waals surface area contributed by atoms with Crippen LogP contribution in [0.15, 0.2) is 60.8 Å². The number of H-pyrrole nitrogens is 1. The van der Waals surface area contributed by atoms with Crippen molar-refractivity contribution >= 4 is 40.5 Å². The van der Waals surface area contributed by atoms with Crippen LogP contribution in [-0.4, -0.2) is 71.8 Å². The average Bonchev–Trinajstić information content (AvgIpc) is 3.44. The van der Waals surface area contributed by atoms with E-state index in [9.17, 15) is 19.2 Å². The van der Waals surface area contributed by atoms with Gasteiger partial charge in [0.25, 0.3) is 0 Å². The fourth-order valence-corrected chi connectivity index (χ4v) is 5.06. The Bertz CT molecular complexity index is 1460. The van der Waals surface area contributed by atoms with Crippen LogP contribution in [0.4, 0.5) is 0 Å². The van der Waals surface area contributed by atoms with Crippen molar-refractivity contribution in [3.8, 4) is 0 Å². The van der Waals surface area contributed by atoms with Crippen molar-refractivity contribution in [2.75, 3.05) is 13.1 Å². The molecule has 14 nitrogen and oxygen atoms in total. The SMILES string of the molecule is N=C(N)NCCC[C@@H](N)C(=O)N[C@@H](Cc1c[nH]c2ccccc12)C(=O)N[C@@H](CCCCN)C(=O)N[C@@H](Cc1ccccc1)C(N)=O. The highest BCUT2D eigenvalue weighted by atomic mass is 16.2. The Kier molecular flexibility index (Phi) is 14.0. The molecule has 14 heteroatoms. The number of fused-ring (bicyclic) bond motifs is 1. The van der Waals surface area contributed by atoms with E-state index in [0.29, 0.717) is 32.4 Å². The first-order valence-electron chi connectivity index (χ1n) is 15.4. The lowest BCUT2D eigenvalue weighted by Crippen LogP contribution is -2.58. The first-order chi connectivity index (χ1) is 22.1. The molecule has 0 fully saturated rings. The van der Waals surface area contributed by atoms with Gasteiger partial charge in [0, 0.05) is 36.5 Å². The number of aromatic nitrogens is 1. The summed E-state index contributed by atoms with van der Waals surface area (Å²) < 4.78 is 0. The predicted octanol–water partition coefficient (Wildman–Crippen LogP) is -0.388. The van der Waals surface area contributed by atoms with Gasteiger partial charge < -0.3 is 49.2 Å². The third-order valence-electron chi connectivity index (χ3n) is 7.60. The molecule has 46 heavy (non-hydrogen) atoms. The summed E-state index contributed by atoms with van der Waals surface area (Å²) in [4.78, 5) is 55.9. The zero-order valence-corrected chi connectivity index (χ0v) is 25.9. The van der Waals surface area contributed by atoms with E-state index in [1.165, 1.54) is 0 Å². The van der Waals surface area contributed by atoms with E-state index in [1.54, 1.807) is 6.20 Å². The maximum Gasteiger partial charge on any atom is 0.243 e. The van der Waals surface area contributed by atoms with Gasteiger partial charge in [-0.3, -0.25) is 24.6 Å². The molecule has 1 heterocycles. The molecule has 0 unspecified atom stereocenters. The summed E-state index contributed by atoms with van der Waals surface area (Å²) in [6.07, 6.45) is 4.24. The van der Waals surface area contributed by atoms with Crippen molar-refractivity contribution in [2.24, 2.45) is 22.9 Å². The van der Waals surface area contributed by atoms with Crippen molar-refractivity contribution in [1.29, 1.82) is 5.41 Å². The third kappa shape index (κ3) is 11.2. The Morgan fingerprint density at radius 1 is 0.761 bits per heavy atom. The molecule has 0 aliphatic carbocycles. The lowest BCUT2D eigenvalue weighted by Gasteiger charge is -2.25. The van der Waals surface area contributed by atoms with Gasteiger partial charge in [0.1, 0.15) is 18.1 Å². The molecular weight excluding hydrogens is 588 g/mol. The van der Waals surface area contributed by atoms with Gasteiger partial charge in [-0.1, -0.05) is 48.5 Å². The molecule has 1 aromatic heterocycles. The van der Waals surface area contributed by atoms with Gasteiger partial charge in [-0.25, -0.2) is 0 Å². The van der Waals surface area contributed by atoms with Crippen molar-refractivity contribution in [2.45, 2.75) is 69.1 Å². The number of aromatic amines is 1. The number of rotatable bonds is 19. The number of para-hydroxylation sites is 1. The first-order valence-corrected chi connectivity index (χ1v) is 15.4. The summed E-state index contributed by atoms with van der Waals surface area (Å²) in [6.45, 7) is 0.769. The molecule has 0 saturated carbocycles. The van der Waals surface area contributed by atoms with Crippen LogP contribution in [0.3, 0.4) is 0 Å². The number of unbranched alkanes of at least 4 members (excludes halogenated alkanes) is 1. The highest BCUT2D eigenvalue weighted by Crippen LogP contribution is 2.19. The summed E-state index contributed by atoms with van der Waals surface area (Å²) in [6, 6.07) is 12.7. The quantitative estimate of drug-likeness (QED) is 0.0471. The number of guanidine groups is 1. The predicted molar refractivity (Wildman–Crippen MR) is 177 cm³/mol. The first kappa shape index (κ1) is 35.5. The van der Waals surface area contributed by atoms with Gasteiger partial charge in [0.15, 0.2) is 5.96 Å². The molecule has 2 aromatic carbocycles. The number of amides is 4. The lowest BCUT2D eigenvalue weighted by molar-refractivity contribution is -0.133. The molecule has 0 aliphatic heterocycles. The van der Waals surface area contributed by atoms with Crippen molar-refractivity contribution in [1.82, 2.24) is 26.3 Å². The number of nitrogens with one attached hydrogen (secondary N) is 6. The van der Waals surface area contributed by atoms with Crippen molar-refractivity contribution in [3.05, 3.63) is 71.9 Å². The van der Waals surface area contributed by atoms with E-state index in [-0.39, 0.29) is 31.6 Å². The highest BCUT2D eigenvalue weighted by Gasteiger charge is 2.30. The van der Waals surface area contributed by atoms with Crippen molar-refractivity contribution < 1.29 is 19.2 Å². The highest BCUT2D eigenvalue weighted by molar-refractivity contribution is 5.95. The number of carbonyl (C=O) groups excluding carboxylic acids is 4. The second kappa shape index (κ2) is 18.1. The lowest BCUT2D eigenvalue weighted by atomic mass is 10.0. The average molecular weight is 635 g/mol. The number of hydrogen-bond donors (Lipinski definition) is 10. The smallest absolute Gasteiger partial charge is 0.243 e. The number of benzene rings is 2.